The van der Waals surface area contributed by atoms with Crippen molar-refractivity contribution in [3.05, 3.63) is 54.2 Å². The van der Waals surface area contributed by atoms with E-state index in [0.717, 1.165) is 37.8 Å². The van der Waals surface area contributed by atoms with E-state index in [9.17, 15) is 8.78 Å². The van der Waals surface area contributed by atoms with Crippen LogP contribution in [0.3, 0.4) is 0 Å². The van der Waals surface area contributed by atoms with Crippen LogP contribution in [-0.2, 0) is 0 Å². The lowest BCUT2D eigenvalue weighted by atomic mass is 10.0. The van der Waals surface area contributed by atoms with Crippen molar-refractivity contribution in [3.63, 3.8) is 0 Å². The van der Waals surface area contributed by atoms with Crippen molar-refractivity contribution in [1.29, 1.82) is 0 Å². The summed E-state index contributed by atoms with van der Waals surface area (Å²) in [6, 6.07) is 5.31. The van der Waals surface area contributed by atoms with Gasteiger partial charge in [-0.3, -0.25) is 0 Å². The summed E-state index contributed by atoms with van der Waals surface area (Å²) in [6.45, 7) is 7.76. The van der Waals surface area contributed by atoms with Crippen LogP contribution in [0.2, 0.25) is 0 Å². The Morgan fingerprint density at radius 1 is 0.973 bits per heavy atom. The summed E-state index contributed by atoms with van der Waals surface area (Å²) in [5.41, 5.74) is 2.51. The highest BCUT2D eigenvalue weighted by molar-refractivity contribution is 5.84. The lowest BCUT2D eigenvalue weighted by molar-refractivity contribution is 0.249. The summed E-state index contributed by atoms with van der Waals surface area (Å²) >= 11 is 0. The number of aryl methyl sites for hydroxylation is 1. The fraction of sp³-hybridized carbons (Fsp3) is 0.407. The molecule has 0 saturated carbocycles. The van der Waals surface area contributed by atoms with Gasteiger partial charge in [0.2, 0.25) is 5.95 Å². The van der Waals surface area contributed by atoms with Gasteiger partial charge in [-0.05, 0) is 71.5 Å². The molecule has 0 aliphatic carbocycles. The summed E-state index contributed by atoms with van der Waals surface area (Å²) in [5, 5.41) is 3.04. The molecule has 8 nitrogen and oxygen atoms in total. The van der Waals surface area contributed by atoms with E-state index >= 15 is 0 Å². The number of piperidine rings is 1. The third-order valence-corrected chi connectivity index (χ3v) is 7.05. The first-order valence-electron chi connectivity index (χ1n) is 12.6. The van der Waals surface area contributed by atoms with Crippen molar-refractivity contribution >= 4 is 28.5 Å². The molecular formula is C27H32F2N8. The van der Waals surface area contributed by atoms with Crippen molar-refractivity contribution in [2.24, 2.45) is 0 Å². The van der Waals surface area contributed by atoms with Crippen LogP contribution in [0.4, 0.5) is 26.2 Å². The smallest absolute Gasteiger partial charge is 0.228 e. The molecule has 1 N–H and O–H groups in total. The lowest BCUT2D eigenvalue weighted by Gasteiger charge is -2.36. The van der Waals surface area contributed by atoms with Gasteiger partial charge in [-0.25, -0.2) is 28.7 Å². The molecule has 0 amide bonds. The van der Waals surface area contributed by atoms with Crippen LogP contribution in [0.15, 0.2) is 36.8 Å². The molecule has 37 heavy (non-hydrogen) atoms. The zero-order valence-electron chi connectivity index (χ0n) is 21.8. The van der Waals surface area contributed by atoms with Crippen molar-refractivity contribution in [2.75, 3.05) is 37.4 Å². The molecule has 3 aromatic heterocycles. The van der Waals surface area contributed by atoms with E-state index in [2.05, 4.69) is 49.1 Å². The minimum Gasteiger partial charge on any atom is -0.369 e. The number of nitrogens with one attached hydrogen (secondary N) is 1. The van der Waals surface area contributed by atoms with E-state index in [-0.39, 0.29) is 17.1 Å². The van der Waals surface area contributed by atoms with Gasteiger partial charge in [0.05, 0.1) is 29.8 Å². The van der Waals surface area contributed by atoms with Crippen LogP contribution >= 0.6 is 0 Å². The maximum absolute atomic E-state index is 15.0. The van der Waals surface area contributed by atoms with E-state index < -0.39 is 11.6 Å². The molecule has 1 saturated heterocycles. The number of aromatic nitrogens is 5. The third-order valence-electron chi connectivity index (χ3n) is 7.05. The topological polar surface area (TPSA) is 75.0 Å². The van der Waals surface area contributed by atoms with Gasteiger partial charge in [-0.2, -0.15) is 0 Å². The number of rotatable bonds is 6. The molecule has 0 atom stereocenters. The Kier molecular flexibility index (Phi) is 6.76. The Morgan fingerprint density at radius 2 is 1.68 bits per heavy atom. The van der Waals surface area contributed by atoms with E-state index in [1.54, 1.807) is 24.5 Å². The molecule has 5 rings (SSSR count). The zero-order valence-corrected chi connectivity index (χ0v) is 21.8. The number of imidazole rings is 1. The largest absolute Gasteiger partial charge is 0.369 e. The minimum atomic E-state index is -0.547. The van der Waals surface area contributed by atoms with E-state index in [0.29, 0.717) is 34.7 Å². The van der Waals surface area contributed by atoms with E-state index in [1.807, 2.05) is 25.3 Å². The summed E-state index contributed by atoms with van der Waals surface area (Å²) in [4.78, 5) is 21.9. The molecule has 10 heteroatoms. The molecular weight excluding hydrogens is 474 g/mol. The summed E-state index contributed by atoms with van der Waals surface area (Å²) < 4.78 is 31.8. The first-order chi connectivity index (χ1) is 17.7. The van der Waals surface area contributed by atoms with Crippen molar-refractivity contribution < 1.29 is 8.78 Å². The van der Waals surface area contributed by atoms with Gasteiger partial charge in [0.15, 0.2) is 5.82 Å². The Bertz CT molecular complexity index is 1410. The molecule has 4 heterocycles. The molecule has 0 unspecified atom stereocenters. The average molecular weight is 507 g/mol. The maximum Gasteiger partial charge on any atom is 0.228 e. The first kappa shape index (κ1) is 25.0. The second-order valence-corrected chi connectivity index (χ2v) is 10.1. The van der Waals surface area contributed by atoms with Gasteiger partial charge >= 0.3 is 0 Å². The predicted molar refractivity (Wildman–Crippen MR) is 142 cm³/mol. The number of hydrogen-bond donors (Lipinski definition) is 1. The van der Waals surface area contributed by atoms with E-state index in [4.69, 9.17) is 0 Å². The molecule has 1 aliphatic heterocycles. The van der Waals surface area contributed by atoms with Crippen LogP contribution in [-0.4, -0.2) is 62.6 Å². The number of nitrogens with zero attached hydrogens (tertiary/aromatic N) is 7. The highest BCUT2D eigenvalue weighted by atomic mass is 19.1. The molecule has 0 spiro atoms. The molecule has 0 radical (unpaired) electrons. The second-order valence-electron chi connectivity index (χ2n) is 10.1. The summed E-state index contributed by atoms with van der Waals surface area (Å²) in [5.74, 6) is 0.390. The van der Waals surface area contributed by atoms with Crippen molar-refractivity contribution in [3.8, 4) is 11.1 Å². The first-order valence-corrected chi connectivity index (χ1v) is 12.6. The Morgan fingerprint density at radius 3 is 2.32 bits per heavy atom. The number of halogens is 2. The SMILES string of the molecule is Cc1nc2c(F)cc(-c3cc(Nc4ncc(N5CCC(N(C)C)CC5)cn4)ncc3F)cc2n1C(C)C. The van der Waals surface area contributed by atoms with Crippen LogP contribution in [0.1, 0.15) is 38.6 Å². The quantitative estimate of drug-likeness (QED) is 0.379. The number of benzene rings is 1. The molecule has 0 bridgehead atoms. The van der Waals surface area contributed by atoms with Gasteiger partial charge < -0.3 is 19.7 Å². The number of anilines is 3. The van der Waals surface area contributed by atoms with Crippen molar-refractivity contribution in [2.45, 2.75) is 45.7 Å². The van der Waals surface area contributed by atoms with Crippen LogP contribution < -0.4 is 10.2 Å². The highest BCUT2D eigenvalue weighted by Crippen LogP contribution is 2.32. The minimum absolute atomic E-state index is 0.0821. The van der Waals surface area contributed by atoms with Gasteiger partial charge in [-0.15, -0.1) is 0 Å². The predicted octanol–water partition coefficient (Wildman–Crippen LogP) is 5.33. The Labute approximate surface area is 215 Å². The number of hydrogen-bond acceptors (Lipinski definition) is 7. The van der Waals surface area contributed by atoms with Gasteiger partial charge in [0.1, 0.15) is 23.0 Å². The van der Waals surface area contributed by atoms with E-state index in [1.165, 1.54) is 6.07 Å². The fourth-order valence-corrected chi connectivity index (χ4v) is 5.11. The third kappa shape index (κ3) is 4.98. The number of fused-ring (bicyclic) bond motifs is 1. The molecule has 1 fully saturated rings. The molecule has 194 valence electrons. The standard InChI is InChI=1S/C27H32F2N8/c1-16(2)37-17(3)33-26-22(28)10-18(11-24(26)37)21-12-25(30-15-23(21)29)34-27-31-13-20(14-32-27)36-8-6-19(7-9-36)35(4)5/h10-16,19H,6-9H2,1-5H3,(H,30,31,32,34). The highest BCUT2D eigenvalue weighted by Gasteiger charge is 2.21. The van der Waals surface area contributed by atoms with Crippen molar-refractivity contribution in [1.82, 2.24) is 29.4 Å². The molecule has 4 aromatic rings. The normalized spacial score (nSPS) is 14.8. The maximum atomic E-state index is 15.0. The summed E-state index contributed by atoms with van der Waals surface area (Å²) in [7, 11) is 4.24. The Balaban J connectivity index is 1.38. The van der Waals surface area contributed by atoms with Gasteiger partial charge in [-0.1, -0.05) is 0 Å². The van der Waals surface area contributed by atoms with Gasteiger partial charge in [0.25, 0.3) is 0 Å². The molecule has 1 aliphatic rings. The fourth-order valence-electron chi connectivity index (χ4n) is 5.11. The molecule has 1 aromatic carbocycles. The zero-order chi connectivity index (χ0) is 26.3. The number of pyridine rings is 1. The van der Waals surface area contributed by atoms with Crippen LogP contribution in [0.25, 0.3) is 22.2 Å². The Hall–Kier alpha value is -3.66. The average Bonchev–Trinajstić information content (AvgIpc) is 3.22. The monoisotopic (exact) mass is 506 g/mol. The van der Waals surface area contributed by atoms with Gasteiger partial charge in [0, 0.05) is 30.7 Å². The summed E-state index contributed by atoms with van der Waals surface area (Å²) in [6.07, 6.45) is 6.88. The van der Waals surface area contributed by atoms with Crippen LogP contribution in [0, 0.1) is 18.6 Å². The second kappa shape index (κ2) is 10.0. The lowest BCUT2D eigenvalue weighted by Crippen LogP contribution is -2.42. The van der Waals surface area contributed by atoms with Crippen LogP contribution in [0.5, 0.6) is 0 Å².